The fraction of sp³-hybridized carbons (Fsp3) is 0.400. The fourth-order valence-electron chi connectivity index (χ4n) is 1.43. The zero-order valence-corrected chi connectivity index (χ0v) is 10.5. The Kier molecular flexibility index (Phi) is 2.91. The number of aromatic nitrogens is 4. The number of imidazole rings is 1. The Morgan fingerprint density at radius 1 is 1.50 bits per heavy atom. The molecule has 16 heavy (non-hydrogen) atoms. The minimum absolute atomic E-state index is 0.745. The highest BCUT2D eigenvalue weighted by atomic mass is 32.2. The molecule has 2 aromatic rings. The van der Waals surface area contributed by atoms with E-state index >= 15 is 0 Å². The van der Waals surface area contributed by atoms with E-state index in [0.717, 1.165) is 28.1 Å². The summed E-state index contributed by atoms with van der Waals surface area (Å²) >= 11 is 1.55. The van der Waals surface area contributed by atoms with E-state index in [-0.39, 0.29) is 0 Å². The number of nitrogens with zero attached hydrogens (tertiary/aromatic N) is 4. The smallest absolute Gasteiger partial charge is 0.174 e. The molecule has 86 valence electrons. The van der Waals surface area contributed by atoms with Gasteiger partial charge in [0, 0.05) is 26.0 Å². The number of aryl methyl sites for hydroxylation is 3. The highest BCUT2D eigenvalue weighted by Gasteiger charge is 2.14. The zero-order valence-electron chi connectivity index (χ0n) is 9.64. The Labute approximate surface area is 98.7 Å². The average Bonchev–Trinajstić information content (AvgIpc) is 2.78. The quantitative estimate of drug-likeness (QED) is 0.882. The van der Waals surface area contributed by atoms with E-state index in [0.29, 0.717) is 0 Å². The van der Waals surface area contributed by atoms with Gasteiger partial charge in [-0.3, -0.25) is 4.68 Å². The maximum absolute atomic E-state index is 6.00. The molecule has 6 heteroatoms. The summed E-state index contributed by atoms with van der Waals surface area (Å²) in [4.78, 5) is 4.27. The third-order valence-electron chi connectivity index (χ3n) is 2.39. The van der Waals surface area contributed by atoms with Crippen molar-refractivity contribution in [1.29, 1.82) is 0 Å². The second-order valence-electron chi connectivity index (χ2n) is 3.54. The molecule has 0 aliphatic rings. The predicted octanol–water partition coefficient (Wildman–Crippen LogP) is 1.68. The van der Waals surface area contributed by atoms with E-state index in [9.17, 15) is 0 Å². The van der Waals surface area contributed by atoms with Crippen molar-refractivity contribution in [1.82, 2.24) is 19.3 Å². The molecule has 0 unspecified atom stereocenters. The van der Waals surface area contributed by atoms with E-state index in [1.807, 2.05) is 36.3 Å². The number of anilines is 1. The van der Waals surface area contributed by atoms with Crippen molar-refractivity contribution in [3.8, 4) is 0 Å². The van der Waals surface area contributed by atoms with Crippen LogP contribution in [0.15, 0.2) is 22.6 Å². The van der Waals surface area contributed by atoms with Crippen LogP contribution in [0.5, 0.6) is 0 Å². The molecule has 0 saturated carbocycles. The minimum atomic E-state index is 0.745. The largest absolute Gasteiger partial charge is 0.395 e. The average molecular weight is 237 g/mol. The molecule has 0 radical (unpaired) electrons. The third kappa shape index (κ3) is 1.80. The number of rotatable bonds is 3. The molecule has 2 heterocycles. The van der Waals surface area contributed by atoms with Crippen molar-refractivity contribution in [2.75, 3.05) is 5.73 Å². The molecular weight excluding hydrogens is 222 g/mol. The molecule has 2 rings (SSSR count). The summed E-state index contributed by atoms with van der Waals surface area (Å²) in [6.45, 7) is 4.78. The van der Waals surface area contributed by atoms with Gasteiger partial charge in [-0.25, -0.2) is 4.98 Å². The fourth-order valence-corrected chi connectivity index (χ4v) is 2.46. The van der Waals surface area contributed by atoms with Crippen molar-refractivity contribution in [3.63, 3.8) is 0 Å². The van der Waals surface area contributed by atoms with Crippen LogP contribution >= 0.6 is 11.8 Å². The first-order valence-electron chi connectivity index (χ1n) is 5.11. The molecule has 5 nitrogen and oxygen atoms in total. The van der Waals surface area contributed by atoms with Crippen molar-refractivity contribution in [3.05, 3.63) is 18.1 Å². The predicted molar refractivity (Wildman–Crippen MR) is 64.4 cm³/mol. The molecule has 0 saturated heterocycles. The first-order valence-corrected chi connectivity index (χ1v) is 5.93. The molecule has 0 bridgehead atoms. The second kappa shape index (κ2) is 4.21. The van der Waals surface area contributed by atoms with E-state index in [4.69, 9.17) is 5.73 Å². The van der Waals surface area contributed by atoms with Crippen LogP contribution in [-0.2, 0) is 13.6 Å². The highest BCUT2D eigenvalue weighted by molar-refractivity contribution is 7.99. The van der Waals surface area contributed by atoms with Crippen LogP contribution in [0.25, 0.3) is 0 Å². The van der Waals surface area contributed by atoms with Crippen LogP contribution in [0.4, 0.5) is 5.69 Å². The summed E-state index contributed by atoms with van der Waals surface area (Å²) in [5, 5.41) is 6.26. The Morgan fingerprint density at radius 2 is 2.25 bits per heavy atom. The van der Waals surface area contributed by atoms with E-state index in [1.165, 1.54) is 0 Å². The summed E-state index contributed by atoms with van der Waals surface area (Å²) in [6.07, 6.45) is 3.69. The van der Waals surface area contributed by atoms with Gasteiger partial charge in [-0.05, 0) is 25.6 Å². The van der Waals surface area contributed by atoms with Gasteiger partial charge in [0.15, 0.2) is 5.16 Å². The summed E-state index contributed by atoms with van der Waals surface area (Å²) in [5.74, 6) is 0. The van der Waals surface area contributed by atoms with Crippen molar-refractivity contribution >= 4 is 17.4 Å². The number of nitrogens with two attached hydrogens (primary N) is 1. The van der Waals surface area contributed by atoms with E-state index in [2.05, 4.69) is 10.1 Å². The van der Waals surface area contributed by atoms with Gasteiger partial charge in [0.25, 0.3) is 0 Å². The summed E-state index contributed by atoms with van der Waals surface area (Å²) in [5.41, 5.74) is 7.62. The normalized spacial score (nSPS) is 10.9. The molecular formula is C10H15N5S. The third-order valence-corrected chi connectivity index (χ3v) is 3.59. The Hall–Kier alpha value is -1.43. The van der Waals surface area contributed by atoms with Crippen LogP contribution in [0.2, 0.25) is 0 Å². The lowest BCUT2D eigenvalue weighted by Crippen LogP contribution is -2.00. The number of nitrogen functional groups attached to an aromatic ring is 1. The maximum Gasteiger partial charge on any atom is 0.174 e. The van der Waals surface area contributed by atoms with Crippen LogP contribution in [0.1, 0.15) is 12.6 Å². The lowest BCUT2D eigenvalue weighted by atomic mass is 10.4. The van der Waals surface area contributed by atoms with Gasteiger partial charge >= 0.3 is 0 Å². The Balaban J connectivity index is 2.37. The molecule has 0 aliphatic heterocycles. The van der Waals surface area contributed by atoms with Gasteiger partial charge < -0.3 is 10.3 Å². The van der Waals surface area contributed by atoms with Crippen molar-refractivity contribution < 1.29 is 0 Å². The van der Waals surface area contributed by atoms with Gasteiger partial charge in [0.05, 0.1) is 11.4 Å². The molecule has 0 aliphatic carbocycles. The zero-order chi connectivity index (χ0) is 11.7. The SMILES string of the molecule is CCn1nc(C)c(N)c1Sc1nccn1C. The summed E-state index contributed by atoms with van der Waals surface area (Å²) in [7, 11) is 1.96. The van der Waals surface area contributed by atoms with E-state index in [1.54, 1.807) is 18.0 Å². The van der Waals surface area contributed by atoms with Gasteiger partial charge in [0.2, 0.25) is 0 Å². The Bertz CT molecular complexity index is 499. The van der Waals surface area contributed by atoms with E-state index < -0.39 is 0 Å². The second-order valence-corrected chi connectivity index (χ2v) is 4.50. The molecule has 0 spiro atoms. The van der Waals surface area contributed by atoms with Crippen LogP contribution < -0.4 is 5.73 Å². The summed E-state index contributed by atoms with van der Waals surface area (Å²) < 4.78 is 3.87. The Morgan fingerprint density at radius 3 is 2.81 bits per heavy atom. The number of hydrogen-bond acceptors (Lipinski definition) is 4. The molecule has 2 N–H and O–H groups in total. The first-order chi connectivity index (χ1) is 7.63. The maximum atomic E-state index is 6.00. The van der Waals surface area contributed by atoms with Crippen LogP contribution in [-0.4, -0.2) is 19.3 Å². The molecule has 0 amide bonds. The molecule has 2 aromatic heterocycles. The van der Waals surface area contributed by atoms with Crippen LogP contribution in [0.3, 0.4) is 0 Å². The lowest BCUT2D eigenvalue weighted by Gasteiger charge is -2.04. The molecule has 0 fully saturated rings. The summed E-state index contributed by atoms with van der Waals surface area (Å²) in [6, 6.07) is 0. The highest BCUT2D eigenvalue weighted by Crippen LogP contribution is 2.32. The number of hydrogen-bond donors (Lipinski definition) is 1. The minimum Gasteiger partial charge on any atom is -0.395 e. The lowest BCUT2D eigenvalue weighted by molar-refractivity contribution is 0.601. The van der Waals surface area contributed by atoms with Gasteiger partial charge in [-0.15, -0.1) is 0 Å². The standard InChI is InChI=1S/C10H15N5S/c1-4-15-9(8(11)7(2)13-15)16-10-12-5-6-14(10)3/h5-6H,4,11H2,1-3H3. The van der Waals surface area contributed by atoms with Gasteiger partial charge in [0.1, 0.15) is 5.03 Å². The van der Waals surface area contributed by atoms with Crippen molar-refractivity contribution in [2.24, 2.45) is 7.05 Å². The topological polar surface area (TPSA) is 61.7 Å². The molecule has 0 aromatic carbocycles. The first kappa shape index (κ1) is 11.1. The van der Waals surface area contributed by atoms with Crippen molar-refractivity contribution in [2.45, 2.75) is 30.6 Å². The monoisotopic (exact) mass is 237 g/mol. The van der Waals surface area contributed by atoms with Crippen LogP contribution in [0, 0.1) is 6.92 Å². The van der Waals surface area contributed by atoms with Gasteiger partial charge in [-0.2, -0.15) is 5.10 Å². The van der Waals surface area contributed by atoms with Gasteiger partial charge in [-0.1, -0.05) is 0 Å². The molecule has 0 atom stereocenters.